The normalized spacial score (nSPS) is 24.9. The molecule has 0 radical (unpaired) electrons. The summed E-state index contributed by atoms with van der Waals surface area (Å²) >= 11 is 0. The highest BCUT2D eigenvalue weighted by molar-refractivity contribution is 5.94. The first kappa shape index (κ1) is 15.3. The average Bonchev–Trinajstić information content (AvgIpc) is 2.39. The first-order valence-corrected chi connectivity index (χ1v) is 5.78. The van der Waals surface area contributed by atoms with E-state index >= 15 is 0 Å². The molecule has 2 N–H and O–H groups in total. The van der Waals surface area contributed by atoms with Crippen LogP contribution in [0, 0.1) is 0 Å². The van der Waals surface area contributed by atoms with Gasteiger partial charge in [0, 0.05) is 6.20 Å². The number of hydrogen-bond donors (Lipinski definition) is 2. The van der Waals surface area contributed by atoms with E-state index in [1.165, 1.54) is 0 Å². The highest BCUT2D eigenvalue weighted by Gasteiger charge is 2.32. The van der Waals surface area contributed by atoms with Gasteiger partial charge < -0.3 is 15.2 Å². The summed E-state index contributed by atoms with van der Waals surface area (Å²) in [6.07, 6.45) is 4.69. The molecule has 0 fully saturated rings. The second-order valence-electron chi connectivity index (χ2n) is 4.33. The molecular weight excluding hydrogens is 253 g/mol. The summed E-state index contributed by atoms with van der Waals surface area (Å²) in [6.45, 7) is 2.95. The summed E-state index contributed by atoms with van der Waals surface area (Å²) in [6, 6.07) is 0. The molecule has 1 aliphatic rings. The number of nitrogens with zero attached hydrogens (tertiary/aromatic N) is 2. The molecule has 0 aromatic carbocycles. The van der Waals surface area contributed by atoms with Crippen LogP contribution in [0.1, 0.15) is 13.8 Å². The maximum absolute atomic E-state index is 12.1. The van der Waals surface area contributed by atoms with Gasteiger partial charge in [0.1, 0.15) is 31.2 Å². The molecule has 0 unspecified atom stereocenters. The third kappa shape index (κ3) is 4.46. The Bertz CT molecular complexity index is 405. The molecule has 0 saturated carbocycles. The van der Waals surface area contributed by atoms with Crippen molar-refractivity contribution in [2.75, 3.05) is 20.0 Å². The molecular formula is C12H18FN3O3. The summed E-state index contributed by atoms with van der Waals surface area (Å²) in [7, 11) is 0. The van der Waals surface area contributed by atoms with Gasteiger partial charge in [0.25, 0.3) is 5.91 Å². The lowest BCUT2D eigenvalue weighted by Crippen LogP contribution is -2.48. The molecule has 6 nitrogen and oxygen atoms in total. The lowest BCUT2D eigenvalue weighted by atomic mass is 10.1. The van der Waals surface area contributed by atoms with Gasteiger partial charge in [-0.1, -0.05) is 6.08 Å². The van der Waals surface area contributed by atoms with Gasteiger partial charge in [-0.2, -0.15) is 0 Å². The van der Waals surface area contributed by atoms with Crippen molar-refractivity contribution in [3.05, 3.63) is 24.7 Å². The van der Waals surface area contributed by atoms with E-state index in [1.54, 1.807) is 26.0 Å². The van der Waals surface area contributed by atoms with Crippen molar-refractivity contribution in [2.24, 2.45) is 4.99 Å². The molecule has 0 aromatic heterocycles. The van der Waals surface area contributed by atoms with Crippen molar-refractivity contribution in [2.45, 2.75) is 19.4 Å². The minimum absolute atomic E-state index is 0.0467. The monoisotopic (exact) mass is 271 g/mol. The van der Waals surface area contributed by atoms with Gasteiger partial charge in [-0.3, -0.25) is 9.69 Å². The van der Waals surface area contributed by atoms with Crippen molar-refractivity contribution in [3.8, 4) is 0 Å². The summed E-state index contributed by atoms with van der Waals surface area (Å²) in [5.41, 5.74) is -1.04. The van der Waals surface area contributed by atoms with E-state index in [4.69, 9.17) is 4.74 Å². The number of halogens is 1. The minimum atomic E-state index is -1.04. The lowest BCUT2D eigenvalue weighted by Gasteiger charge is -2.30. The van der Waals surface area contributed by atoms with E-state index in [0.29, 0.717) is 12.2 Å². The Kier molecular flexibility index (Phi) is 5.65. The van der Waals surface area contributed by atoms with Gasteiger partial charge in [-0.15, -0.1) is 0 Å². The van der Waals surface area contributed by atoms with Crippen LogP contribution in [0.2, 0.25) is 0 Å². The molecule has 1 rings (SSSR count). The standard InChI is InChI=1S/C12H18FN3O3/c1-12(2)11(18)16(9-17)8-15-10(14-6-5-13)4-3-7-19-12/h3-6,17H,7-9H2,1-2H3,(H,14,15)/b4-3-,6-5+. The zero-order chi connectivity index (χ0) is 14.3. The molecule has 1 aliphatic heterocycles. The van der Waals surface area contributed by atoms with Crippen molar-refractivity contribution in [1.29, 1.82) is 0 Å². The lowest BCUT2D eigenvalue weighted by molar-refractivity contribution is -0.156. The van der Waals surface area contributed by atoms with Crippen molar-refractivity contribution in [1.82, 2.24) is 10.2 Å². The Labute approximate surface area is 111 Å². The van der Waals surface area contributed by atoms with Crippen LogP contribution in [0.15, 0.2) is 29.7 Å². The van der Waals surface area contributed by atoms with Crippen LogP contribution in [-0.4, -0.2) is 47.4 Å². The molecule has 1 amide bonds. The molecule has 7 heteroatoms. The van der Waals surface area contributed by atoms with Crippen LogP contribution in [0.5, 0.6) is 0 Å². The molecule has 0 bridgehead atoms. The van der Waals surface area contributed by atoms with Crippen LogP contribution >= 0.6 is 0 Å². The third-order valence-corrected chi connectivity index (χ3v) is 2.50. The van der Waals surface area contributed by atoms with Crippen molar-refractivity contribution >= 4 is 11.7 Å². The number of aliphatic hydroxyl groups excluding tert-OH is 1. The van der Waals surface area contributed by atoms with Gasteiger partial charge in [-0.05, 0) is 19.9 Å². The van der Waals surface area contributed by atoms with E-state index in [9.17, 15) is 14.3 Å². The van der Waals surface area contributed by atoms with Crippen LogP contribution < -0.4 is 5.32 Å². The second kappa shape index (κ2) is 7.01. The number of ether oxygens (including phenoxy) is 1. The van der Waals surface area contributed by atoms with Gasteiger partial charge in [-0.25, -0.2) is 9.38 Å². The Morgan fingerprint density at radius 3 is 3.05 bits per heavy atom. The van der Waals surface area contributed by atoms with Crippen molar-refractivity contribution < 1.29 is 19.0 Å². The number of hydrogen-bond acceptors (Lipinski definition) is 5. The number of amides is 1. The van der Waals surface area contributed by atoms with Gasteiger partial charge in [0.15, 0.2) is 0 Å². The van der Waals surface area contributed by atoms with E-state index in [0.717, 1.165) is 11.1 Å². The molecule has 19 heavy (non-hydrogen) atoms. The fourth-order valence-electron chi connectivity index (χ4n) is 1.46. The number of nitrogens with one attached hydrogen (secondary N) is 1. The molecule has 0 saturated heterocycles. The van der Waals surface area contributed by atoms with Crippen LogP contribution in [0.4, 0.5) is 4.39 Å². The Morgan fingerprint density at radius 2 is 2.42 bits per heavy atom. The Hall–Kier alpha value is -1.73. The maximum Gasteiger partial charge on any atom is 0.257 e. The van der Waals surface area contributed by atoms with Crippen molar-refractivity contribution in [3.63, 3.8) is 0 Å². The SMILES string of the molecule is CC1(C)OC/C=C\C(N/C=C/F)=N/CN(CO)C1=O. The van der Waals surface area contributed by atoms with Crippen LogP contribution in [0.25, 0.3) is 0 Å². The van der Waals surface area contributed by atoms with E-state index in [-0.39, 0.29) is 19.2 Å². The smallest absolute Gasteiger partial charge is 0.257 e. The number of amidine groups is 1. The highest BCUT2D eigenvalue weighted by Crippen LogP contribution is 2.14. The number of aliphatic imine (C=N–C) groups is 1. The van der Waals surface area contributed by atoms with E-state index < -0.39 is 12.3 Å². The summed E-state index contributed by atoms with van der Waals surface area (Å²) in [5.74, 6) is -0.00195. The van der Waals surface area contributed by atoms with Crippen LogP contribution in [0.3, 0.4) is 0 Å². The number of carbonyl (C=O) groups excluding carboxylic acids is 1. The first-order valence-electron chi connectivity index (χ1n) is 5.78. The fraction of sp³-hybridized carbons (Fsp3) is 0.500. The van der Waals surface area contributed by atoms with Gasteiger partial charge in [0.05, 0.1) is 6.61 Å². The van der Waals surface area contributed by atoms with E-state index in [2.05, 4.69) is 10.3 Å². The fourth-order valence-corrected chi connectivity index (χ4v) is 1.46. The quantitative estimate of drug-likeness (QED) is 0.767. The van der Waals surface area contributed by atoms with Crippen LogP contribution in [-0.2, 0) is 9.53 Å². The molecule has 0 spiro atoms. The summed E-state index contributed by atoms with van der Waals surface area (Å²) in [5, 5.41) is 11.8. The summed E-state index contributed by atoms with van der Waals surface area (Å²) in [4.78, 5) is 17.3. The Morgan fingerprint density at radius 1 is 1.68 bits per heavy atom. The predicted octanol–water partition coefficient (Wildman–Crippen LogP) is 0.516. The minimum Gasteiger partial charge on any atom is -0.376 e. The second-order valence-corrected chi connectivity index (χ2v) is 4.33. The molecule has 0 aromatic rings. The average molecular weight is 271 g/mol. The topological polar surface area (TPSA) is 74.2 Å². The van der Waals surface area contributed by atoms with Gasteiger partial charge in [0.2, 0.25) is 0 Å². The zero-order valence-electron chi connectivity index (χ0n) is 11.0. The third-order valence-electron chi connectivity index (χ3n) is 2.50. The Balaban J connectivity index is 2.91. The maximum atomic E-state index is 12.1. The number of aliphatic hydroxyl groups is 1. The molecule has 0 aliphatic carbocycles. The first-order chi connectivity index (χ1) is 9.01. The number of rotatable bonds is 2. The highest BCUT2D eigenvalue weighted by atomic mass is 19.1. The largest absolute Gasteiger partial charge is 0.376 e. The van der Waals surface area contributed by atoms with E-state index in [1.807, 2.05) is 0 Å². The number of carbonyl (C=O) groups is 1. The summed E-state index contributed by atoms with van der Waals surface area (Å²) < 4.78 is 17.4. The van der Waals surface area contributed by atoms with Gasteiger partial charge >= 0.3 is 0 Å². The molecule has 1 heterocycles. The predicted molar refractivity (Wildman–Crippen MR) is 68.8 cm³/mol. The molecule has 106 valence electrons. The molecule has 0 atom stereocenters. The zero-order valence-corrected chi connectivity index (χ0v) is 11.0.